The maximum absolute atomic E-state index is 3.91. The molecule has 1 aliphatic carbocycles. The number of likely N-dealkylation sites (tertiary alicyclic amines) is 1. The van der Waals surface area contributed by atoms with Crippen molar-refractivity contribution in [2.24, 2.45) is 5.92 Å². The third-order valence-corrected chi connectivity index (χ3v) is 4.44. The SMILES string of the molecule is CCN1CCC(NC2CCCC(C)C2)CC1. The summed E-state index contributed by atoms with van der Waals surface area (Å²) < 4.78 is 0. The molecule has 1 aliphatic heterocycles. The van der Waals surface area contributed by atoms with Gasteiger partial charge in [0, 0.05) is 12.1 Å². The van der Waals surface area contributed by atoms with Crippen LogP contribution in [-0.2, 0) is 0 Å². The fourth-order valence-corrected chi connectivity index (χ4v) is 3.33. The minimum atomic E-state index is 0.804. The fraction of sp³-hybridized carbons (Fsp3) is 1.00. The average molecular weight is 224 g/mol. The van der Waals surface area contributed by atoms with Crippen LogP contribution in [0.1, 0.15) is 52.4 Å². The van der Waals surface area contributed by atoms with Crippen molar-refractivity contribution in [1.82, 2.24) is 10.2 Å². The second-order valence-corrected chi connectivity index (χ2v) is 5.84. The summed E-state index contributed by atoms with van der Waals surface area (Å²) >= 11 is 0. The Labute approximate surface area is 101 Å². The topological polar surface area (TPSA) is 15.3 Å². The molecule has 1 saturated carbocycles. The predicted octanol–water partition coefficient (Wildman–Crippen LogP) is 2.64. The van der Waals surface area contributed by atoms with Crippen molar-refractivity contribution in [2.75, 3.05) is 19.6 Å². The van der Waals surface area contributed by atoms with E-state index < -0.39 is 0 Å². The summed E-state index contributed by atoms with van der Waals surface area (Å²) in [4.78, 5) is 2.57. The summed E-state index contributed by atoms with van der Waals surface area (Å²) in [6, 6.07) is 1.63. The van der Waals surface area contributed by atoms with Gasteiger partial charge < -0.3 is 10.2 Å². The van der Waals surface area contributed by atoms with Gasteiger partial charge in [0.05, 0.1) is 0 Å². The maximum Gasteiger partial charge on any atom is 0.00940 e. The van der Waals surface area contributed by atoms with Crippen molar-refractivity contribution in [3.05, 3.63) is 0 Å². The van der Waals surface area contributed by atoms with Crippen LogP contribution in [0.4, 0.5) is 0 Å². The van der Waals surface area contributed by atoms with Gasteiger partial charge in [-0.05, 0) is 51.2 Å². The lowest BCUT2D eigenvalue weighted by Crippen LogP contribution is -2.47. The third kappa shape index (κ3) is 3.46. The Morgan fingerprint density at radius 1 is 1.06 bits per heavy atom. The molecule has 16 heavy (non-hydrogen) atoms. The molecule has 2 rings (SSSR count). The molecule has 0 amide bonds. The van der Waals surface area contributed by atoms with Crippen molar-refractivity contribution in [3.63, 3.8) is 0 Å². The fourth-order valence-electron chi connectivity index (χ4n) is 3.33. The van der Waals surface area contributed by atoms with E-state index in [1.165, 1.54) is 58.2 Å². The molecule has 2 atom stereocenters. The zero-order chi connectivity index (χ0) is 11.4. The summed E-state index contributed by atoms with van der Waals surface area (Å²) in [5.41, 5.74) is 0. The summed E-state index contributed by atoms with van der Waals surface area (Å²) in [5.74, 6) is 0.946. The number of hydrogen-bond acceptors (Lipinski definition) is 2. The second kappa shape index (κ2) is 6.02. The normalized spacial score (nSPS) is 34.1. The van der Waals surface area contributed by atoms with E-state index in [-0.39, 0.29) is 0 Å². The molecule has 0 bridgehead atoms. The molecule has 0 aromatic rings. The van der Waals surface area contributed by atoms with E-state index in [2.05, 4.69) is 24.1 Å². The first-order valence-corrected chi connectivity index (χ1v) is 7.26. The van der Waals surface area contributed by atoms with Crippen LogP contribution < -0.4 is 5.32 Å². The number of nitrogens with zero attached hydrogens (tertiary/aromatic N) is 1. The summed E-state index contributed by atoms with van der Waals surface area (Å²) in [6.07, 6.45) is 8.43. The zero-order valence-electron chi connectivity index (χ0n) is 11.0. The summed E-state index contributed by atoms with van der Waals surface area (Å²) in [6.45, 7) is 8.52. The van der Waals surface area contributed by atoms with Crippen LogP contribution in [0.3, 0.4) is 0 Å². The molecule has 2 nitrogen and oxygen atoms in total. The quantitative estimate of drug-likeness (QED) is 0.793. The highest BCUT2D eigenvalue weighted by atomic mass is 15.1. The molecule has 0 spiro atoms. The van der Waals surface area contributed by atoms with Crippen LogP contribution in [0, 0.1) is 5.92 Å². The van der Waals surface area contributed by atoms with Crippen molar-refractivity contribution >= 4 is 0 Å². The van der Waals surface area contributed by atoms with Crippen LogP contribution >= 0.6 is 0 Å². The highest BCUT2D eigenvalue weighted by Gasteiger charge is 2.23. The van der Waals surface area contributed by atoms with Crippen molar-refractivity contribution in [3.8, 4) is 0 Å². The van der Waals surface area contributed by atoms with Gasteiger partial charge in [-0.1, -0.05) is 26.7 Å². The first-order chi connectivity index (χ1) is 7.78. The minimum absolute atomic E-state index is 0.804. The van der Waals surface area contributed by atoms with Gasteiger partial charge in [-0.25, -0.2) is 0 Å². The minimum Gasteiger partial charge on any atom is -0.311 e. The van der Waals surface area contributed by atoms with Gasteiger partial charge in [-0.15, -0.1) is 0 Å². The number of piperidine rings is 1. The van der Waals surface area contributed by atoms with E-state index in [9.17, 15) is 0 Å². The van der Waals surface area contributed by atoms with Gasteiger partial charge in [-0.3, -0.25) is 0 Å². The lowest BCUT2D eigenvalue weighted by atomic mass is 9.86. The highest BCUT2D eigenvalue weighted by Crippen LogP contribution is 2.24. The Balaban J connectivity index is 1.69. The van der Waals surface area contributed by atoms with Crippen molar-refractivity contribution < 1.29 is 0 Å². The third-order valence-electron chi connectivity index (χ3n) is 4.44. The van der Waals surface area contributed by atoms with Crippen molar-refractivity contribution in [2.45, 2.75) is 64.5 Å². The summed E-state index contributed by atoms with van der Waals surface area (Å²) in [7, 11) is 0. The number of hydrogen-bond donors (Lipinski definition) is 1. The van der Waals surface area contributed by atoms with Gasteiger partial charge in [-0.2, -0.15) is 0 Å². The van der Waals surface area contributed by atoms with Gasteiger partial charge in [0.25, 0.3) is 0 Å². The molecule has 0 aromatic heterocycles. The van der Waals surface area contributed by atoms with E-state index in [4.69, 9.17) is 0 Å². The smallest absolute Gasteiger partial charge is 0.00940 e. The van der Waals surface area contributed by atoms with Gasteiger partial charge >= 0.3 is 0 Å². The molecule has 0 radical (unpaired) electrons. The molecule has 2 aliphatic rings. The number of rotatable bonds is 3. The standard InChI is InChI=1S/C14H28N2/c1-3-16-9-7-13(8-10-16)15-14-6-4-5-12(2)11-14/h12-15H,3-11H2,1-2H3. The van der Waals surface area contributed by atoms with E-state index in [1.807, 2.05) is 0 Å². The lowest BCUT2D eigenvalue weighted by Gasteiger charge is -2.36. The Hall–Kier alpha value is -0.0800. The highest BCUT2D eigenvalue weighted by molar-refractivity contribution is 4.83. The molecular weight excluding hydrogens is 196 g/mol. The molecule has 2 heteroatoms. The zero-order valence-corrected chi connectivity index (χ0v) is 11.0. The van der Waals surface area contributed by atoms with Crippen LogP contribution in [0.15, 0.2) is 0 Å². The number of nitrogens with one attached hydrogen (secondary N) is 1. The molecule has 1 saturated heterocycles. The Kier molecular flexibility index (Phi) is 4.66. The second-order valence-electron chi connectivity index (χ2n) is 5.84. The Morgan fingerprint density at radius 2 is 1.81 bits per heavy atom. The first kappa shape index (κ1) is 12.4. The van der Waals surface area contributed by atoms with Gasteiger partial charge in [0.1, 0.15) is 0 Å². The molecule has 94 valence electrons. The molecular formula is C14H28N2. The van der Waals surface area contributed by atoms with Gasteiger partial charge in [0.2, 0.25) is 0 Å². The van der Waals surface area contributed by atoms with E-state index in [0.29, 0.717) is 0 Å². The van der Waals surface area contributed by atoms with Crippen LogP contribution in [-0.4, -0.2) is 36.6 Å². The molecule has 2 fully saturated rings. The van der Waals surface area contributed by atoms with Crippen LogP contribution in [0.2, 0.25) is 0 Å². The van der Waals surface area contributed by atoms with E-state index in [0.717, 1.165) is 18.0 Å². The van der Waals surface area contributed by atoms with E-state index in [1.54, 1.807) is 0 Å². The Morgan fingerprint density at radius 3 is 2.44 bits per heavy atom. The monoisotopic (exact) mass is 224 g/mol. The average Bonchev–Trinajstić information content (AvgIpc) is 2.30. The van der Waals surface area contributed by atoms with Gasteiger partial charge in [0.15, 0.2) is 0 Å². The van der Waals surface area contributed by atoms with Crippen molar-refractivity contribution in [1.29, 1.82) is 0 Å². The predicted molar refractivity (Wildman–Crippen MR) is 69.7 cm³/mol. The van der Waals surface area contributed by atoms with E-state index >= 15 is 0 Å². The Bertz CT molecular complexity index is 197. The van der Waals surface area contributed by atoms with Crippen LogP contribution in [0.5, 0.6) is 0 Å². The first-order valence-electron chi connectivity index (χ1n) is 7.26. The van der Waals surface area contributed by atoms with Crippen LogP contribution in [0.25, 0.3) is 0 Å². The summed E-state index contributed by atoms with van der Waals surface area (Å²) in [5, 5.41) is 3.91. The maximum atomic E-state index is 3.91. The lowest BCUT2D eigenvalue weighted by molar-refractivity contribution is 0.184. The molecule has 1 heterocycles. The largest absolute Gasteiger partial charge is 0.311 e. The molecule has 2 unspecified atom stereocenters. The molecule has 0 aromatic carbocycles. The molecule has 1 N–H and O–H groups in total.